The summed E-state index contributed by atoms with van der Waals surface area (Å²) >= 11 is 1.57. The zero-order valence-corrected chi connectivity index (χ0v) is 24.4. The van der Waals surface area contributed by atoms with Crippen LogP contribution in [-0.4, -0.2) is 91.3 Å². The molecule has 2 saturated heterocycles. The summed E-state index contributed by atoms with van der Waals surface area (Å²) in [6.45, 7) is 3.39. The van der Waals surface area contributed by atoms with E-state index in [9.17, 15) is 9.59 Å². The molecular formula is C29H34N10O2S. The van der Waals surface area contributed by atoms with Gasteiger partial charge in [-0.2, -0.15) is 5.10 Å². The molecule has 4 aliphatic rings. The number of carbonyl (C=O) groups excluding carboxylic acids is 2. The van der Waals surface area contributed by atoms with Gasteiger partial charge in [-0.15, -0.1) is 11.3 Å². The van der Waals surface area contributed by atoms with E-state index in [-0.39, 0.29) is 17.7 Å². The zero-order chi connectivity index (χ0) is 29.0. The number of anilines is 2. The number of hydrogen-bond acceptors (Lipinski definition) is 10. The number of likely N-dealkylation sites (tertiary alicyclic amines) is 1. The largest absolute Gasteiger partial charge is 0.397 e. The van der Waals surface area contributed by atoms with Crippen LogP contribution in [-0.2, 0) is 16.6 Å². The standard InChI is InChI=1S/C29H34N10O2S/c1-36-17-33-26(35-36)21-14-32-27(42-21)19-6-10-38(11-7-19)23(40)15-37-12-8-29(16-37)9-13-39(28(29)41)22-5-4-20(30)25(34-22)24(31)18-2-3-18/h4-6,14,17-18,31H,2-3,7-13,15-16,30H2,1H3/t29-/m0/s1. The highest BCUT2D eigenvalue weighted by molar-refractivity contribution is 7.16. The number of pyridine rings is 1. The van der Waals surface area contributed by atoms with Crippen LogP contribution in [0.25, 0.3) is 16.3 Å². The maximum atomic E-state index is 13.7. The fourth-order valence-electron chi connectivity index (χ4n) is 6.26. The predicted molar refractivity (Wildman–Crippen MR) is 160 cm³/mol. The van der Waals surface area contributed by atoms with Crippen molar-refractivity contribution < 1.29 is 9.59 Å². The monoisotopic (exact) mass is 586 g/mol. The molecule has 1 saturated carbocycles. The van der Waals surface area contributed by atoms with E-state index in [2.05, 4.69) is 31.0 Å². The van der Waals surface area contributed by atoms with Crippen molar-refractivity contribution >= 4 is 45.9 Å². The van der Waals surface area contributed by atoms with Crippen molar-refractivity contribution in [2.75, 3.05) is 49.9 Å². The number of hydrogen-bond donors (Lipinski definition) is 2. The number of nitrogens with two attached hydrogens (primary N) is 1. The zero-order valence-electron chi connectivity index (χ0n) is 23.6. The average molecular weight is 587 g/mol. The van der Waals surface area contributed by atoms with Gasteiger partial charge >= 0.3 is 0 Å². The van der Waals surface area contributed by atoms with Gasteiger partial charge in [0.05, 0.1) is 28.2 Å². The third-order valence-corrected chi connectivity index (χ3v) is 9.96. The Bertz CT molecular complexity index is 1610. The van der Waals surface area contributed by atoms with Crippen LogP contribution in [0.3, 0.4) is 0 Å². The molecule has 0 bridgehead atoms. The quantitative estimate of drug-likeness (QED) is 0.401. The number of aryl methyl sites for hydroxylation is 1. The van der Waals surface area contributed by atoms with Gasteiger partial charge < -0.3 is 16.0 Å². The van der Waals surface area contributed by atoms with Gasteiger partial charge in [-0.1, -0.05) is 6.08 Å². The Balaban J connectivity index is 0.956. The summed E-state index contributed by atoms with van der Waals surface area (Å²) in [7, 11) is 1.84. The molecule has 42 heavy (non-hydrogen) atoms. The highest BCUT2D eigenvalue weighted by Crippen LogP contribution is 2.42. The third-order valence-electron chi connectivity index (χ3n) is 8.90. The van der Waals surface area contributed by atoms with Gasteiger partial charge in [0, 0.05) is 45.3 Å². The van der Waals surface area contributed by atoms with Crippen molar-refractivity contribution in [1.29, 1.82) is 5.41 Å². The number of rotatable bonds is 7. The van der Waals surface area contributed by atoms with E-state index in [0.29, 0.717) is 61.5 Å². The van der Waals surface area contributed by atoms with Gasteiger partial charge in [-0.25, -0.2) is 15.0 Å². The minimum absolute atomic E-state index is 0.0629. The topological polar surface area (TPSA) is 150 Å². The second kappa shape index (κ2) is 10.4. The Kier molecular flexibility index (Phi) is 6.65. The predicted octanol–water partition coefficient (Wildman–Crippen LogP) is 2.44. The fraction of sp³-hybridized carbons (Fsp3) is 0.483. The van der Waals surface area contributed by atoms with Crippen LogP contribution in [0.2, 0.25) is 0 Å². The summed E-state index contributed by atoms with van der Waals surface area (Å²) in [5.74, 6) is 1.62. The molecule has 13 heteroatoms. The molecule has 0 unspecified atom stereocenters. The third kappa shape index (κ3) is 4.90. The lowest BCUT2D eigenvalue weighted by Crippen LogP contribution is -2.43. The first kappa shape index (κ1) is 26.9. The number of nitrogens with one attached hydrogen (secondary N) is 1. The molecule has 1 atom stereocenters. The highest BCUT2D eigenvalue weighted by Gasteiger charge is 2.51. The Hall–Kier alpha value is -3.97. The van der Waals surface area contributed by atoms with Crippen LogP contribution in [0.15, 0.2) is 30.7 Å². The molecule has 3 aliphatic heterocycles. The van der Waals surface area contributed by atoms with Crippen molar-refractivity contribution in [3.05, 3.63) is 41.4 Å². The first-order valence-corrected chi connectivity index (χ1v) is 15.3. The number of nitrogens with zero attached hydrogens (tertiary/aromatic N) is 8. The molecule has 3 aromatic rings. The Morgan fingerprint density at radius 3 is 2.76 bits per heavy atom. The second-order valence-corrected chi connectivity index (χ2v) is 12.9. The van der Waals surface area contributed by atoms with Crippen LogP contribution in [0.4, 0.5) is 11.5 Å². The number of carbonyl (C=O) groups is 2. The molecule has 3 fully saturated rings. The van der Waals surface area contributed by atoms with Gasteiger partial charge in [0.1, 0.15) is 22.8 Å². The normalized spacial score (nSPS) is 22.8. The molecule has 6 heterocycles. The van der Waals surface area contributed by atoms with Crippen LogP contribution >= 0.6 is 11.3 Å². The maximum Gasteiger partial charge on any atom is 0.237 e. The molecule has 12 nitrogen and oxygen atoms in total. The van der Waals surface area contributed by atoms with E-state index in [1.165, 1.54) is 0 Å². The van der Waals surface area contributed by atoms with E-state index < -0.39 is 5.41 Å². The van der Waals surface area contributed by atoms with Gasteiger partial charge in [0.2, 0.25) is 11.8 Å². The van der Waals surface area contributed by atoms with Gasteiger partial charge in [-0.05, 0) is 56.4 Å². The summed E-state index contributed by atoms with van der Waals surface area (Å²) in [6.07, 6.45) is 9.79. The van der Waals surface area contributed by atoms with E-state index in [4.69, 9.17) is 11.1 Å². The van der Waals surface area contributed by atoms with Crippen molar-refractivity contribution in [1.82, 2.24) is 34.5 Å². The number of nitrogen functional groups attached to an aromatic ring is 1. The van der Waals surface area contributed by atoms with Gasteiger partial charge in [-0.3, -0.25) is 24.1 Å². The van der Waals surface area contributed by atoms with E-state index >= 15 is 0 Å². The van der Waals surface area contributed by atoms with E-state index in [1.807, 2.05) is 18.1 Å². The van der Waals surface area contributed by atoms with Gasteiger partial charge in [0.15, 0.2) is 5.82 Å². The Morgan fingerprint density at radius 2 is 2.02 bits per heavy atom. The number of aromatic nitrogens is 5. The summed E-state index contributed by atoms with van der Waals surface area (Å²) < 4.78 is 1.68. The summed E-state index contributed by atoms with van der Waals surface area (Å²) in [5, 5.41) is 13.7. The molecule has 0 aromatic carbocycles. The SMILES string of the molecule is Cn1cnc(-c2cnc(C3=CCN(C(=O)CN4CC[C@]5(CCN(c6ccc(N)c(C(=N)C7CC7)n6)C5=O)C4)CC3)s2)n1. The summed E-state index contributed by atoms with van der Waals surface area (Å²) in [6, 6.07) is 3.54. The smallest absolute Gasteiger partial charge is 0.237 e. The Morgan fingerprint density at radius 1 is 1.19 bits per heavy atom. The average Bonchev–Trinajstić information content (AvgIpc) is 3.28. The molecule has 1 aliphatic carbocycles. The molecule has 218 valence electrons. The van der Waals surface area contributed by atoms with Gasteiger partial charge in [0.25, 0.3) is 0 Å². The molecule has 3 aromatic heterocycles. The summed E-state index contributed by atoms with van der Waals surface area (Å²) in [4.78, 5) is 47.2. The summed E-state index contributed by atoms with van der Waals surface area (Å²) in [5.41, 5.74) is 8.25. The van der Waals surface area contributed by atoms with E-state index in [1.54, 1.807) is 39.4 Å². The van der Waals surface area contributed by atoms with Crippen LogP contribution in [0, 0.1) is 16.7 Å². The lowest BCUT2D eigenvalue weighted by atomic mass is 9.85. The molecule has 7 rings (SSSR count). The Labute approximate surface area is 247 Å². The lowest BCUT2D eigenvalue weighted by Gasteiger charge is -2.28. The second-order valence-electron chi connectivity index (χ2n) is 11.8. The van der Waals surface area contributed by atoms with Crippen LogP contribution in [0.5, 0.6) is 0 Å². The number of amides is 2. The first-order valence-electron chi connectivity index (χ1n) is 14.5. The highest BCUT2D eigenvalue weighted by atomic mass is 32.1. The van der Waals surface area contributed by atoms with E-state index in [0.717, 1.165) is 54.1 Å². The lowest BCUT2D eigenvalue weighted by molar-refractivity contribution is -0.132. The maximum absolute atomic E-state index is 13.7. The molecule has 0 radical (unpaired) electrons. The van der Waals surface area contributed by atoms with Crippen molar-refractivity contribution in [3.8, 4) is 10.7 Å². The molecule has 1 spiro atoms. The van der Waals surface area contributed by atoms with Crippen LogP contribution < -0.4 is 10.6 Å². The van der Waals surface area contributed by atoms with Crippen LogP contribution in [0.1, 0.15) is 42.8 Å². The van der Waals surface area contributed by atoms with Crippen molar-refractivity contribution in [2.24, 2.45) is 18.4 Å². The fourth-order valence-corrected chi connectivity index (χ4v) is 7.18. The minimum atomic E-state index is -0.493. The molecule has 3 N–H and O–H groups in total. The first-order chi connectivity index (χ1) is 20.3. The minimum Gasteiger partial charge on any atom is -0.397 e. The van der Waals surface area contributed by atoms with Crippen molar-refractivity contribution in [2.45, 2.75) is 32.1 Å². The molecule has 2 amide bonds. The molecular weight excluding hydrogens is 552 g/mol. The number of thiazole rings is 1. The van der Waals surface area contributed by atoms with Crippen molar-refractivity contribution in [3.63, 3.8) is 0 Å².